The molecule has 0 aliphatic carbocycles. The minimum absolute atomic E-state index is 0.00112. The van der Waals surface area contributed by atoms with Crippen molar-refractivity contribution in [2.45, 2.75) is 25.0 Å². The predicted octanol–water partition coefficient (Wildman–Crippen LogP) is 2.62. The normalized spacial score (nSPS) is 19.9. The van der Waals surface area contributed by atoms with Crippen LogP contribution in [0.25, 0.3) is 0 Å². The summed E-state index contributed by atoms with van der Waals surface area (Å²) in [5.41, 5.74) is 7.31. The first kappa shape index (κ1) is 15.5. The molecule has 1 aromatic rings. The van der Waals surface area contributed by atoms with Crippen molar-refractivity contribution in [3.8, 4) is 11.5 Å². The predicted molar refractivity (Wildman–Crippen MR) is 82.8 cm³/mol. The summed E-state index contributed by atoms with van der Waals surface area (Å²) in [7, 11) is 3.27. The van der Waals surface area contributed by atoms with Crippen molar-refractivity contribution < 1.29 is 14.2 Å². The number of methoxy groups -OCH3 is 2. The van der Waals surface area contributed by atoms with Gasteiger partial charge in [0.25, 0.3) is 0 Å². The molecule has 0 bridgehead atoms. The van der Waals surface area contributed by atoms with Gasteiger partial charge in [0.2, 0.25) is 0 Å². The summed E-state index contributed by atoms with van der Waals surface area (Å²) >= 11 is 1.85. The zero-order valence-corrected chi connectivity index (χ0v) is 12.9. The molecule has 0 aromatic heterocycles. The summed E-state index contributed by atoms with van der Waals surface area (Å²) in [6.07, 6.45) is 2.78. The molecule has 112 valence electrons. The molecule has 1 aromatic carbocycles. The van der Waals surface area contributed by atoms with Gasteiger partial charge in [-0.3, -0.25) is 0 Å². The fourth-order valence-corrected chi connectivity index (χ4v) is 3.39. The molecule has 1 saturated heterocycles. The summed E-state index contributed by atoms with van der Waals surface area (Å²) < 4.78 is 16.1. The summed E-state index contributed by atoms with van der Waals surface area (Å²) in [4.78, 5) is 0. The van der Waals surface area contributed by atoms with Crippen molar-refractivity contribution in [2.24, 2.45) is 5.73 Å². The molecule has 5 heteroatoms. The number of thioether (sulfide) groups is 1. The lowest BCUT2D eigenvalue weighted by atomic mass is 10.1. The van der Waals surface area contributed by atoms with E-state index in [4.69, 9.17) is 19.9 Å². The summed E-state index contributed by atoms with van der Waals surface area (Å²) in [6.45, 7) is 0.910. The van der Waals surface area contributed by atoms with Crippen LogP contribution in [0.1, 0.15) is 24.4 Å². The minimum atomic E-state index is 0.00112. The van der Waals surface area contributed by atoms with Crippen LogP contribution in [0.5, 0.6) is 11.5 Å². The highest BCUT2D eigenvalue weighted by molar-refractivity contribution is 7.99. The Balaban J connectivity index is 1.86. The molecule has 0 radical (unpaired) electrons. The van der Waals surface area contributed by atoms with Gasteiger partial charge < -0.3 is 19.9 Å². The number of nitrogens with two attached hydrogens (primary N) is 1. The van der Waals surface area contributed by atoms with Gasteiger partial charge in [-0.2, -0.15) is 11.8 Å². The van der Waals surface area contributed by atoms with Gasteiger partial charge in [-0.25, -0.2) is 0 Å². The second-order valence-corrected chi connectivity index (χ2v) is 5.97. The van der Waals surface area contributed by atoms with E-state index < -0.39 is 0 Å². The number of rotatable bonds is 7. The first-order valence-corrected chi connectivity index (χ1v) is 8.07. The average molecular weight is 297 g/mol. The van der Waals surface area contributed by atoms with Crippen LogP contribution < -0.4 is 15.2 Å². The molecular formula is C15H23NO3S. The highest BCUT2D eigenvalue weighted by Gasteiger charge is 2.16. The maximum Gasteiger partial charge on any atom is 0.161 e. The molecule has 2 N–H and O–H groups in total. The average Bonchev–Trinajstić information content (AvgIpc) is 2.99. The van der Waals surface area contributed by atoms with Crippen LogP contribution in [0, 0.1) is 0 Å². The summed E-state index contributed by atoms with van der Waals surface area (Å²) in [5.74, 6) is 3.37. The van der Waals surface area contributed by atoms with Crippen molar-refractivity contribution in [3.63, 3.8) is 0 Å². The molecule has 2 atom stereocenters. The molecule has 4 nitrogen and oxygen atoms in total. The lowest BCUT2D eigenvalue weighted by molar-refractivity contribution is 0.129. The Bertz CT molecular complexity index is 422. The van der Waals surface area contributed by atoms with Crippen LogP contribution in [-0.4, -0.2) is 38.4 Å². The molecule has 1 aliphatic heterocycles. The summed E-state index contributed by atoms with van der Waals surface area (Å²) in [6, 6.07) is 5.86. The zero-order valence-electron chi connectivity index (χ0n) is 12.1. The van der Waals surface area contributed by atoms with Gasteiger partial charge in [0.1, 0.15) is 0 Å². The third-order valence-corrected chi connectivity index (χ3v) is 4.66. The molecule has 0 amide bonds. The molecule has 20 heavy (non-hydrogen) atoms. The smallest absolute Gasteiger partial charge is 0.161 e. The zero-order chi connectivity index (χ0) is 14.4. The van der Waals surface area contributed by atoms with Crippen LogP contribution in [0.2, 0.25) is 0 Å². The Morgan fingerprint density at radius 3 is 2.80 bits per heavy atom. The second-order valence-electron chi connectivity index (χ2n) is 4.89. The first-order valence-electron chi connectivity index (χ1n) is 6.91. The monoisotopic (exact) mass is 297 g/mol. The van der Waals surface area contributed by atoms with E-state index in [-0.39, 0.29) is 6.04 Å². The third-order valence-electron chi connectivity index (χ3n) is 3.46. The van der Waals surface area contributed by atoms with E-state index in [1.54, 1.807) is 14.2 Å². The Morgan fingerprint density at radius 2 is 2.15 bits per heavy atom. The quantitative estimate of drug-likeness (QED) is 0.838. The van der Waals surface area contributed by atoms with Gasteiger partial charge in [0, 0.05) is 24.2 Å². The summed E-state index contributed by atoms with van der Waals surface area (Å²) in [5, 5.41) is 0. The molecule has 1 heterocycles. The van der Waals surface area contributed by atoms with Crippen LogP contribution in [0.3, 0.4) is 0 Å². The Labute approximate surface area is 125 Å². The van der Waals surface area contributed by atoms with E-state index in [1.165, 1.54) is 12.8 Å². The van der Waals surface area contributed by atoms with Crippen LogP contribution in [-0.2, 0) is 4.74 Å². The highest BCUT2D eigenvalue weighted by Crippen LogP contribution is 2.30. The van der Waals surface area contributed by atoms with Gasteiger partial charge >= 0.3 is 0 Å². The van der Waals surface area contributed by atoms with Gasteiger partial charge in [0.15, 0.2) is 11.5 Å². The first-order chi connectivity index (χ1) is 9.74. The Morgan fingerprint density at radius 1 is 1.35 bits per heavy atom. The van der Waals surface area contributed by atoms with Gasteiger partial charge in [0.05, 0.1) is 20.3 Å². The SMILES string of the molecule is COc1ccc(C(N)CSCC2CCCO2)cc1OC. The Hall–Kier alpha value is -0.910. The van der Waals surface area contributed by atoms with E-state index >= 15 is 0 Å². The highest BCUT2D eigenvalue weighted by atomic mass is 32.2. The fraction of sp³-hybridized carbons (Fsp3) is 0.600. The molecule has 0 spiro atoms. The third kappa shape index (κ3) is 4.04. The van der Waals surface area contributed by atoms with Crippen molar-refractivity contribution >= 4 is 11.8 Å². The maximum atomic E-state index is 6.24. The second kappa shape index (κ2) is 7.76. The van der Waals surface area contributed by atoms with Gasteiger partial charge in [-0.05, 0) is 30.5 Å². The topological polar surface area (TPSA) is 53.7 Å². The van der Waals surface area contributed by atoms with Crippen molar-refractivity contribution in [2.75, 3.05) is 32.3 Å². The largest absolute Gasteiger partial charge is 0.493 e. The molecule has 2 rings (SSSR count). The molecule has 0 saturated carbocycles. The molecular weight excluding hydrogens is 274 g/mol. The molecule has 2 unspecified atom stereocenters. The van der Waals surface area contributed by atoms with E-state index in [1.807, 2.05) is 30.0 Å². The number of hydrogen-bond acceptors (Lipinski definition) is 5. The Kier molecular flexibility index (Phi) is 6.01. The van der Waals surface area contributed by atoms with Gasteiger partial charge in [-0.1, -0.05) is 6.07 Å². The van der Waals surface area contributed by atoms with Crippen LogP contribution >= 0.6 is 11.8 Å². The number of benzene rings is 1. The standard InChI is InChI=1S/C15H23NO3S/c1-17-14-6-5-11(8-15(14)18-2)13(16)10-20-9-12-4-3-7-19-12/h5-6,8,12-13H,3-4,7,9-10,16H2,1-2H3. The maximum absolute atomic E-state index is 6.24. The van der Waals surface area contributed by atoms with E-state index in [0.717, 1.165) is 35.2 Å². The number of hydrogen-bond donors (Lipinski definition) is 1. The van der Waals surface area contributed by atoms with E-state index in [2.05, 4.69) is 0 Å². The van der Waals surface area contributed by atoms with E-state index in [0.29, 0.717) is 6.10 Å². The molecule has 1 aliphatic rings. The van der Waals surface area contributed by atoms with Crippen molar-refractivity contribution in [3.05, 3.63) is 23.8 Å². The van der Waals surface area contributed by atoms with Gasteiger partial charge in [-0.15, -0.1) is 0 Å². The number of ether oxygens (including phenoxy) is 3. The van der Waals surface area contributed by atoms with Crippen molar-refractivity contribution in [1.29, 1.82) is 0 Å². The van der Waals surface area contributed by atoms with E-state index in [9.17, 15) is 0 Å². The lowest BCUT2D eigenvalue weighted by Gasteiger charge is -2.16. The van der Waals surface area contributed by atoms with Crippen molar-refractivity contribution in [1.82, 2.24) is 0 Å². The lowest BCUT2D eigenvalue weighted by Crippen LogP contribution is -2.16. The minimum Gasteiger partial charge on any atom is -0.493 e. The van der Waals surface area contributed by atoms with Crippen LogP contribution in [0.4, 0.5) is 0 Å². The molecule has 1 fully saturated rings. The van der Waals surface area contributed by atoms with Crippen LogP contribution in [0.15, 0.2) is 18.2 Å². The fourth-order valence-electron chi connectivity index (χ4n) is 2.28.